The number of rotatable bonds is 5. The van der Waals surface area contributed by atoms with Crippen LogP contribution in [0, 0.1) is 5.82 Å². The third-order valence-corrected chi connectivity index (χ3v) is 4.50. The number of anilines is 2. The third kappa shape index (κ3) is 3.35. The number of halogens is 2. The molecule has 0 aromatic carbocycles. The summed E-state index contributed by atoms with van der Waals surface area (Å²) in [5, 5.41) is 4.20. The second-order valence-corrected chi connectivity index (χ2v) is 6.34. The van der Waals surface area contributed by atoms with Crippen molar-refractivity contribution >= 4 is 28.6 Å². The van der Waals surface area contributed by atoms with Crippen molar-refractivity contribution in [2.24, 2.45) is 0 Å². The van der Waals surface area contributed by atoms with Crippen molar-refractivity contribution in [2.75, 3.05) is 30.8 Å². The maximum atomic E-state index is 14.5. The van der Waals surface area contributed by atoms with E-state index in [1.165, 1.54) is 25.3 Å². The highest BCUT2D eigenvalue weighted by Gasteiger charge is 2.26. The Kier molecular flexibility index (Phi) is 5.43. The molecule has 7 nitrogen and oxygen atoms in total. The number of carbonyl (C=O) groups is 1. The lowest BCUT2D eigenvalue weighted by Gasteiger charge is -2.17. The average Bonchev–Trinajstić information content (AvgIpc) is 3.29. The molecule has 28 heavy (non-hydrogen) atoms. The fourth-order valence-electron chi connectivity index (χ4n) is 3.23. The first-order valence-corrected chi connectivity index (χ1v) is 8.76. The molecule has 0 aliphatic carbocycles. The van der Waals surface area contributed by atoms with Crippen LogP contribution in [0.4, 0.5) is 20.4 Å². The number of carbonyl (C=O) groups excluding carboxylic acids is 1. The van der Waals surface area contributed by atoms with Gasteiger partial charge in [0.05, 0.1) is 18.1 Å². The molecule has 148 valence electrons. The molecule has 1 aliphatic rings. The summed E-state index contributed by atoms with van der Waals surface area (Å²) >= 11 is 0. The standard InChI is InChI=1S/C19H21F2N5O2/c1-4-7-12(15(28-3)11(2)20)19(27)26-17-13(16(22)24-26)10-14(21)18(23-17)25-8-5-6-9-25/h4,7,10H,1,5-6,8-9H2,2-3H3,(H2,22,24)/b12-7+,15-11-. The molecular weight excluding hydrogens is 368 g/mol. The van der Waals surface area contributed by atoms with E-state index >= 15 is 0 Å². The van der Waals surface area contributed by atoms with E-state index in [0.29, 0.717) is 13.1 Å². The Balaban J connectivity index is 2.17. The predicted octanol–water partition coefficient (Wildman–Crippen LogP) is 3.35. The molecule has 0 spiro atoms. The lowest BCUT2D eigenvalue weighted by atomic mass is 10.1. The van der Waals surface area contributed by atoms with Gasteiger partial charge >= 0.3 is 0 Å². The molecule has 3 heterocycles. The summed E-state index contributed by atoms with van der Waals surface area (Å²) in [7, 11) is 1.25. The maximum absolute atomic E-state index is 14.5. The predicted molar refractivity (Wildman–Crippen MR) is 103 cm³/mol. The quantitative estimate of drug-likeness (QED) is 0.479. The zero-order chi connectivity index (χ0) is 20.4. The molecular formula is C19H21F2N5O2. The van der Waals surface area contributed by atoms with Crippen LogP contribution in [0.3, 0.4) is 0 Å². The number of pyridine rings is 1. The van der Waals surface area contributed by atoms with E-state index in [9.17, 15) is 13.6 Å². The van der Waals surface area contributed by atoms with Crippen LogP contribution in [0.1, 0.15) is 24.6 Å². The van der Waals surface area contributed by atoms with Gasteiger partial charge < -0.3 is 15.4 Å². The number of methoxy groups -OCH3 is 1. The molecule has 0 radical (unpaired) electrons. The van der Waals surface area contributed by atoms with Crippen molar-refractivity contribution in [3.63, 3.8) is 0 Å². The average molecular weight is 389 g/mol. The Morgan fingerprint density at radius 2 is 2.07 bits per heavy atom. The van der Waals surface area contributed by atoms with Crippen molar-refractivity contribution < 1.29 is 18.3 Å². The summed E-state index contributed by atoms with van der Waals surface area (Å²) in [6.07, 6.45) is 4.50. The molecule has 1 fully saturated rings. The second-order valence-electron chi connectivity index (χ2n) is 6.34. The minimum atomic E-state index is -0.720. The van der Waals surface area contributed by atoms with E-state index in [1.54, 1.807) is 4.90 Å². The zero-order valence-corrected chi connectivity index (χ0v) is 15.7. The SMILES string of the molecule is C=C/C=C(C(=O)n1nc(N)c2cc(F)c(N3CCCC3)nc21)\C(OC)=C(/C)F. The number of nitrogens with two attached hydrogens (primary N) is 1. The van der Waals surface area contributed by atoms with Gasteiger partial charge in [-0.2, -0.15) is 4.68 Å². The van der Waals surface area contributed by atoms with E-state index in [2.05, 4.69) is 16.7 Å². The fourth-order valence-corrected chi connectivity index (χ4v) is 3.23. The first-order chi connectivity index (χ1) is 13.4. The molecule has 1 aliphatic heterocycles. The molecule has 2 N–H and O–H groups in total. The van der Waals surface area contributed by atoms with Gasteiger partial charge in [-0.1, -0.05) is 12.7 Å². The summed E-state index contributed by atoms with van der Waals surface area (Å²) in [6, 6.07) is 1.21. The number of nitrogens with zero attached hydrogens (tertiary/aromatic N) is 4. The van der Waals surface area contributed by atoms with Crippen LogP contribution in [-0.4, -0.2) is 40.9 Å². The zero-order valence-electron chi connectivity index (χ0n) is 15.7. The van der Waals surface area contributed by atoms with E-state index in [0.717, 1.165) is 24.4 Å². The number of ether oxygens (including phenoxy) is 1. The summed E-state index contributed by atoms with van der Waals surface area (Å²) in [5.41, 5.74) is 5.84. The first kappa shape index (κ1) is 19.5. The van der Waals surface area contributed by atoms with Crippen molar-refractivity contribution in [2.45, 2.75) is 19.8 Å². The van der Waals surface area contributed by atoms with Gasteiger partial charge in [-0.05, 0) is 31.9 Å². The van der Waals surface area contributed by atoms with E-state index in [-0.39, 0.29) is 34.0 Å². The van der Waals surface area contributed by atoms with Gasteiger partial charge in [0.15, 0.2) is 28.9 Å². The number of fused-ring (bicyclic) bond motifs is 1. The number of allylic oxidation sites excluding steroid dienone is 4. The van der Waals surface area contributed by atoms with Crippen molar-refractivity contribution in [3.8, 4) is 0 Å². The normalized spacial score (nSPS) is 15.7. The molecule has 2 aromatic heterocycles. The lowest BCUT2D eigenvalue weighted by Crippen LogP contribution is -2.22. The van der Waals surface area contributed by atoms with Crippen LogP contribution in [0.15, 0.2) is 42.0 Å². The van der Waals surface area contributed by atoms with E-state index in [1.807, 2.05) is 0 Å². The largest absolute Gasteiger partial charge is 0.493 e. The maximum Gasteiger partial charge on any atom is 0.284 e. The Morgan fingerprint density at radius 3 is 2.64 bits per heavy atom. The van der Waals surface area contributed by atoms with Gasteiger partial charge in [-0.3, -0.25) is 4.79 Å². The molecule has 9 heteroatoms. The van der Waals surface area contributed by atoms with E-state index < -0.39 is 17.6 Å². The Bertz CT molecular complexity index is 999. The van der Waals surface area contributed by atoms with Crippen LogP contribution in [0.25, 0.3) is 11.0 Å². The number of hydrogen-bond donors (Lipinski definition) is 1. The molecule has 0 atom stereocenters. The smallest absolute Gasteiger partial charge is 0.284 e. The molecule has 2 aromatic rings. The summed E-state index contributed by atoms with van der Waals surface area (Å²) in [5.74, 6) is -2.12. The number of aromatic nitrogens is 3. The van der Waals surface area contributed by atoms with Crippen LogP contribution >= 0.6 is 0 Å². The van der Waals surface area contributed by atoms with Gasteiger partial charge in [0.1, 0.15) is 5.83 Å². The molecule has 0 unspecified atom stereocenters. The Morgan fingerprint density at radius 1 is 1.39 bits per heavy atom. The molecule has 0 bridgehead atoms. The second kappa shape index (κ2) is 7.79. The van der Waals surface area contributed by atoms with Crippen LogP contribution in [-0.2, 0) is 4.74 Å². The van der Waals surface area contributed by atoms with Gasteiger partial charge in [-0.15, -0.1) is 5.10 Å². The minimum Gasteiger partial charge on any atom is -0.493 e. The number of hydrogen-bond acceptors (Lipinski definition) is 6. The third-order valence-electron chi connectivity index (χ3n) is 4.50. The highest BCUT2D eigenvalue weighted by Crippen LogP contribution is 2.29. The van der Waals surface area contributed by atoms with Gasteiger partial charge in [0.25, 0.3) is 5.91 Å². The topological polar surface area (TPSA) is 86.3 Å². The van der Waals surface area contributed by atoms with Crippen molar-refractivity contribution in [1.29, 1.82) is 0 Å². The van der Waals surface area contributed by atoms with Gasteiger partial charge in [0, 0.05) is 13.1 Å². The molecule has 0 saturated carbocycles. The van der Waals surface area contributed by atoms with Gasteiger partial charge in [0.2, 0.25) is 0 Å². The molecule has 3 rings (SSSR count). The summed E-state index contributed by atoms with van der Waals surface area (Å²) < 4.78 is 34.4. The minimum absolute atomic E-state index is 0.0550. The van der Waals surface area contributed by atoms with Gasteiger partial charge in [-0.25, -0.2) is 13.8 Å². The highest BCUT2D eigenvalue weighted by molar-refractivity contribution is 6.04. The molecule has 0 amide bonds. The number of nitrogen functional groups attached to an aromatic ring is 1. The first-order valence-electron chi connectivity index (χ1n) is 8.76. The van der Waals surface area contributed by atoms with Crippen LogP contribution < -0.4 is 10.6 Å². The van der Waals surface area contributed by atoms with Crippen LogP contribution in [0.2, 0.25) is 0 Å². The van der Waals surface area contributed by atoms with Crippen LogP contribution in [0.5, 0.6) is 0 Å². The highest BCUT2D eigenvalue weighted by atomic mass is 19.1. The summed E-state index contributed by atoms with van der Waals surface area (Å²) in [4.78, 5) is 19.2. The van der Waals surface area contributed by atoms with Crippen molar-refractivity contribution in [3.05, 3.63) is 47.8 Å². The Labute approximate surface area is 160 Å². The lowest BCUT2D eigenvalue weighted by molar-refractivity contribution is 0.0936. The van der Waals surface area contributed by atoms with Crippen molar-refractivity contribution in [1.82, 2.24) is 14.8 Å². The Hall–Kier alpha value is -3.23. The molecule has 1 saturated heterocycles. The monoisotopic (exact) mass is 389 g/mol. The fraction of sp³-hybridized carbons (Fsp3) is 0.316. The summed E-state index contributed by atoms with van der Waals surface area (Å²) in [6.45, 7) is 6.05. The van der Waals surface area contributed by atoms with E-state index in [4.69, 9.17) is 10.5 Å².